The largest absolute Gasteiger partial charge is 0.493 e. The average Bonchev–Trinajstić information content (AvgIpc) is 2.93. The van der Waals surface area contributed by atoms with Crippen LogP contribution in [0.25, 0.3) is 16.9 Å². The second kappa shape index (κ2) is 6.74. The molecule has 0 bridgehead atoms. The van der Waals surface area contributed by atoms with Gasteiger partial charge in [0.05, 0.1) is 24.4 Å². The van der Waals surface area contributed by atoms with E-state index in [0.717, 1.165) is 34.0 Å². The molecule has 5 nitrogen and oxygen atoms in total. The number of imidazole rings is 1. The van der Waals surface area contributed by atoms with Crippen LogP contribution in [0, 0.1) is 6.92 Å². The summed E-state index contributed by atoms with van der Waals surface area (Å²) in [6.45, 7) is 4.50. The first-order chi connectivity index (χ1) is 11.6. The maximum absolute atomic E-state index is 11.1. The molecule has 0 fully saturated rings. The number of aromatic nitrogens is 2. The zero-order chi connectivity index (χ0) is 17.1. The lowest BCUT2D eigenvalue weighted by Crippen LogP contribution is -2.03. The normalized spacial score (nSPS) is 10.9. The Morgan fingerprint density at radius 3 is 2.75 bits per heavy atom. The number of rotatable bonds is 6. The van der Waals surface area contributed by atoms with Crippen molar-refractivity contribution < 1.29 is 14.6 Å². The fourth-order valence-electron chi connectivity index (χ4n) is 2.94. The molecule has 0 aliphatic carbocycles. The van der Waals surface area contributed by atoms with Gasteiger partial charge in [0.25, 0.3) is 0 Å². The van der Waals surface area contributed by atoms with Gasteiger partial charge in [-0.2, -0.15) is 0 Å². The van der Waals surface area contributed by atoms with Crippen molar-refractivity contribution >= 4 is 11.6 Å². The van der Waals surface area contributed by atoms with Gasteiger partial charge in [0, 0.05) is 17.7 Å². The summed E-state index contributed by atoms with van der Waals surface area (Å²) in [5.41, 5.74) is 4.42. The van der Waals surface area contributed by atoms with Crippen molar-refractivity contribution in [2.45, 2.75) is 26.7 Å². The summed E-state index contributed by atoms with van der Waals surface area (Å²) in [5, 5.41) is 9.10. The Morgan fingerprint density at radius 1 is 1.21 bits per heavy atom. The molecule has 0 radical (unpaired) electrons. The second-order valence-electron chi connectivity index (χ2n) is 5.59. The summed E-state index contributed by atoms with van der Waals surface area (Å²) < 4.78 is 7.76. The van der Waals surface area contributed by atoms with Gasteiger partial charge in [-0.05, 0) is 38.1 Å². The monoisotopic (exact) mass is 324 g/mol. The Hall–Kier alpha value is -2.82. The van der Waals surface area contributed by atoms with Crippen LogP contribution >= 0.6 is 0 Å². The highest BCUT2D eigenvalue weighted by Crippen LogP contribution is 2.33. The van der Waals surface area contributed by atoms with E-state index in [9.17, 15) is 4.79 Å². The lowest BCUT2D eigenvalue weighted by molar-refractivity contribution is -0.136. The SMILES string of the molecule is CCOc1ccccc1-c1nc2cccc(C)n2c1CCC(=O)O. The number of carboxylic acid groups (broad SMARTS) is 1. The number of nitrogens with zero attached hydrogens (tertiary/aromatic N) is 2. The third-order valence-corrected chi connectivity index (χ3v) is 3.95. The van der Waals surface area contributed by atoms with Gasteiger partial charge < -0.3 is 14.2 Å². The first kappa shape index (κ1) is 16.1. The van der Waals surface area contributed by atoms with Crippen molar-refractivity contribution in [2.75, 3.05) is 6.61 Å². The molecule has 0 unspecified atom stereocenters. The van der Waals surface area contributed by atoms with E-state index in [1.165, 1.54) is 0 Å². The Morgan fingerprint density at radius 2 is 2.00 bits per heavy atom. The van der Waals surface area contributed by atoms with Crippen LogP contribution in [-0.2, 0) is 11.2 Å². The number of para-hydroxylation sites is 1. The number of fused-ring (bicyclic) bond motifs is 1. The molecular weight excluding hydrogens is 304 g/mol. The van der Waals surface area contributed by atoms with Crippen LogP contribution in [0.1, 0.15) is 24.7 Å². The Labute approximate surface area is 140 Å². The van der Waals surface area contributed by atoms with Gasteiger partial charge in [-0.25, -0.2) is 4.98 Å². The number of ether oxygens (including phenoxy) is 1. The van der Waals surface area contributed by atoms with Crippen LogP contribution in [0.15, 0.2) is 42.5 Å². The third kappa shape index (κ3) is 2.97. The molecule has 1 N–H and O–H groups in total. The molecule has 0 saturated carbocycles. The van der Waals surface area contributed by atoms with Gasteiger partial charge in [0.15, 0.2) is 0 Å². The molecule has 3 rings (SSSR count). The smallest absolute Gasteiger partial charge is 0.303 e. The molecule has 0 atom stereocenters. The minimum atomic E-state index is -0.817. The number of benzene rings is 1. The zero-order valence-electron chi connectivity index (χ0n) is 13.8. The topological polar surface area (TPSA) is 63.8 Å². The maximum Gasteiger partial charge on any atom is 0.303 e. The number of pyridine rings is 1. The number of carbonyl (C=O) groups is 1. The zero-order valence-corrected chi connectivity index (χ0v) is 13.8. The number of aryl methyl sites for hydroxylation is 2. The molecule has 0 saturated heterocycles. The number of hydrogen-bond donors (Lipinski definition) is 1. The molecule has 24 heavy (non-hydrogen) atoms. The van der Waals surface area contributed by atoms with Crippen molar-refractivity contribution in [1.82, 2.24) is 9.38 Å². The van der Waals surface area contributed by atoms with Crippen LogP contribution in [0.2, 0.25) is 0 Å². The average molecular weight is 324 g/mol. The van der Waals surface area contributed by atoms with Crippen molar-refractivity contribution in [3.05, 3.63) is 53.9 Å². The molecule has 0 aliphatic heterocycles. The number of aliphatic carboxylic acids is 1. The molecule has 1 aromatic carbocycles. The second-order valence-corrected chi connectivity index (χ2v) is 5.59. The van der Waals surface area contributed by atoms with Gasteiger partial charge >= 0.3 is 5.97 Å². The molecule has 0 aliphatic rings. The van der Waals surface area contributed by atoms with Crippen molar-refractivity contribution in [3.8, 4) is 17.0 Å². The number of carboxylic acids is 1. The Kier molecular flexibility index (Phi) is 4.51. The van der Waals surface area contributed by atoms with Gasteiger partial charge in [-0.3, -0.25) is 4.79 Å². The van der Waals surface area contributed by atoms with Crippen LogP contribution in [0.4, 0.5) is 0 Å². The minimum Gasteiger partial charge on any atom is -0.493 e. The summed E-state index contributed by atoms with van der Waals surface area (Å²) in [6.07, 6.45) is 0.475. The van der Waals surface area contributed by atoms with Crippen LogP contribution in [0.5, 0.6) is 5.75 Å². The van der Waals surface area contributed by atoms with Crippen LogP contribution in [0.3, 0.4) is 0 Å². The first-order valence-electron chi connectivity index (χ1n) is 8.02. The molecule has 0 spiro atoms. The summed E-state index contributed by atoms with van der Waals surface area (Å²) in [6, 6.07) is 13.6. The Balaban J connectivity index is 2.22. The van der Waals surface area contributed by atoms with Crippen LogP contribution in [-0.4, -0.2) is 27.1 Å². The molecule has 2 aromatic heterocycles. The van der Waals surface area contributed by atoms with E-state index < -0.39 is 5.97 Å². The maximum atomic E-state index is 11.1. The van der Waals surface area contributed by atoms with E-state index in [-0.39, 0.29) is 6.42 Å². The van der Waals surface area contributed by atoms with E-state index in [1.807, 2.05) is 60.7 Å². The van der Waals surface area contributed by atoms with Gasteiger partial charge in [0.1, 0.15) is 11.4 Å². The Bertz CT molecular complexity index is 883. The quantitative estimate of drug-likeness (QED) is 0.750. The minimum absolute atomic E-state index is 0.0614. The fourth-order valence-corrected chi connectivity index (χ4v) is 2.94. The first-order valence-corrected chi connectivity index (χ1v) is 8.02. The summed E-state index contributed by atoms with van der Waals surface area (Å²) in [4.78, 5) is 15.8. The molecule has 2 heterocycles. The molecular formula is C19H20N2O3. The lowest BCUT2D eigenvalue weighted by atomic mass is 10.1. The van der Waals surface area contributed by atoms with E-state index in [0.29, 0.717) is 13.0 Å². The van der Waals surface area contributed by atoms with Gasteiger partial charge in [0.2, 0.25) is 0 Å². The third-order valence-electron chi connectivity index (χ3n) is 3.95. The fraction of sp³-hybridized carbons (Fsp3) is 0.263. The summed E-state index contributed by atoms with van der Waals surface area (Å²) in [5.74, 6) is -0.0554. The summed E-state index contributed by atoms with van der Waals surface area (Å²) in [7, 11) is 0. The van der Waals surface area contributed by atoms with Crippen molar-refractivity contribution in [2.24, 2.45) is 0 Å². The van der Waals surface area contributed by atoms with Gasteiger partial charge in [-0.15, -0.1) is 0 Å². The van der Waals surface area contributed by atoms with E-state index in [1.54, 1.807) is 0 Å². The van der Waals surface area contributed by atoms with Crippen molar-refractivity contribution in [3.63, 3.8) is 0 Å². The lowest BCUT2D eigenvalue weighted by Gasteiger charge is -2.10. The van der Waals surface area contributed by atoms with E-state index in [4.69, 9.17) is 14.8 Å². The predicted molar refractivity (Wildman–Crippen MR) is 92.5 cm³/mol. The van der Waals surface area contributed by atoms with E-state index >= 15 is 0 Å². The van der Waals surface area contributed by atoms with Crippen LogP contribution < -0.4 is 4.74 Å². The molecule has 0 amide bonds. The summed E-state index contributed by atoms with van der Waals surface area (Å²) >= 11 is 0. The molecule has 5 heteroatoms. The molecule has 3 aromatic rings. The standard InChI is InChI=1S/C19H20N2O3/c1-3-24-16-9-5-4-8-14(16)19-15(11-12-18(22)23)21-13(2)7-6-10-17(21)20-19/h4-10H,3,11-12H2,1-2H3,(H,22,23). The molecule has 124 valence electrons. The highest BCUT2D eigenvalue weighted by atomic mass is 16.5. The highest BCUT2D eigenvalue weighted by Gasteiger charge is 2.18. The highest BCUT2D eigenvalue weighted by molar-refractivity contribution is 5.74. The number of hydrogen-bond acceptors (Lipinski definition) is 3. The van der Waals surface area contributed by atoms with Crippen molar-refractivity contribution in [1.29, 1.82) is 0 Å². The predicted octanol–water partition coefficient (Wildman–Crippen LogP) is 3.73. The van der Waals surface area contributed by atoms with Gasteiger partial charge in [-0.1, -0.05) is 18.2 Å². The van der Waals surface area contributed by atoms with E-state index in [2.05, 4.69) is 0 Å².